The highest BCUT2D eigenvalue weighted by atomic mass is 35.5. The number of hydrogen-bond donors (Lipinski definition) is 0. The van der Waals surface area contributed by atoms with Gasteiger partial charge >= 0.3 is 0 Å². The number of rotatable bonds is 6. The molecule has 5 heteroatoms. The zero-order valence-corrected chi connectivity index (χ0v) is 10.4. The number of hydrogen-bond acceptors (Lipinski definition) is 4. The van der Waals surface area contributed by atoms with E-state index >= 15 is 0 Å². The van der Waals surface area contributed by atoms with Crippen molar-refractivity contribution in [3.05, 3.63) is 29.8 Å². The quantitative estimate of drug-likeness (QED) is 0.575. The van der Waals surface area contributed by atoms with Crippen LogP contribution in [0.2, 0.25) is 0 Å². The predicted octanol–water partition coefficient (Wildman–Crippen LogP) is 1.76. The number of alkyl halides is 1. The van der Waals surface area contributed by atoms with Gasteiger partial charge in [-0.05, 0) is 17.7 Å². The van der Waals surface area contributed by atoms with Gasteiger partial charge in [0.15, 0.2) is 0 Å². The molecule has 0 saturated carbocycles. The van der Waals surface area contributed by atoms with Crippen LogP contribution in [0.5, 0.6) is 5.75 Å². The van der Waals surface area contributed by atoms with Crippen molar-refractivity contribution in [2.24, 2.45) is 0 Å². The van der Waals surface area contributed by atoms with Gasteiger partial charge in [-0.25, -0.2) is 0 Å². The van der Waals surface area contributed by atoms with Crippen molar-refractivity contribution < 1.29 is 19.1 Å². The highest BCUT2D eigenvalue weighted by Crippen LogP contribution is 2.22. The minimum atomic E-state index is -0.934. The lowest BCUT2D eigenvalue weighted by molar-refractivity contribution is -0.141. The van der Waals surface area contributed by atoms with E-state index < -0.39 is 17.7 Å². The monoisotopic (exact) mass is 256 g/mol. The summed E-state index contributed by atoms with van der Waals surface area (Å²) in [4.78, 5) is 23.0. The number of ketones is 2. The third kappa shape index (κ3) is 3.28. The van der Waals surface area contributed by atoms with Gasteiger partial charge in [-0.1, -0.05) is 12.1 Å². The zero-order valence-electron chi connectivity index (χ0n) is 9.60. The second kappa shape index (κ2) is 6.37. The van der Waals surface area contributed by atoms with Crippen LogP contribution in [-0.2, 0) is 14.3 Å². The molecule has 92 valence electrons. The van der Waals surface area contributed by atoms with E-state index in [4.69, 9.17) is 21.1 Å². The number of methoxy groups -OCH3 is 2. The van der Waals surface area contributed by atoms with Gasteiger partial charge in [0, 0.05) is 7.11 Å². The first-order valence-electron chi connectivity index (χ1n) is 4.93. The Morgan fingerprint density at radius 2 is 2.06 bits per heavy atom. The van der Waals surface area contributed by atoms with Crippen LogP contribution in [0.1, 0.15) is 11.7 Å². The van der Waals surface area contributed by atoms with Crippen LogP contribution < -0.4 is 4.74 Å². The van der Waals surface area contributed by atoms with Gasteiger partial charge in [-0.3, -0.25) is 9.59 Å². The fraction of sp³-hybridized carbons (Fsp3) is 0.333. The molecule has 0 bridgehead atoms. The number of ether oxygens (including phenoxy) is 2. The van der Waals surface area contributed by atoms with Gasteiger partial charge < -0.3 is 9.47 Å². The van der Waals surface area contributed by atoms with Crippen molar-refractivity contribution in [2.75, 3.05) is 20.1 Å². The Morgan fingerprint density at radius 3 is 2.59 bits per heavy atom. The third-order valence-electron chi connectivity index (χ3n) is 2.27. The molecule has 0 saturated heterocycles. The van der Waals surface area contributed by atoms with Crippen LogP contribution in [0.15, 0.2) is 24.3 Å². The molecule has 0 radical (unpaired) electrons. The molecule has 0 aliphatic rings. The van der Waals surface area contributed by atoms with E-state index in [1.54, 1.807) is 24.3 Å². The van der Waals surface area contributed by atoms with Crippen LogP contribution in [-0.4, -0.2) is 31.7 Å². The lowest BCUT2D eigenvalue weighted by Gasteiger charge is -2.13. The first kappa shape index (κ1) is 13.7. The topological polar surface area (TPSA) is 52.6 Å². The van der Waals surface area contributed by atoms with E-state index in [0.717, 1.165) is 0 Å². The average Bonchev–Trinajstić information content (AvgIpc) is 2.38. The molecular weight excluding hydrogens is 244 g/mol. The number of benzene rings is 1. The Bertz CT molecular complexity index is 417. The van der Waals surface area contributed by atoms with Gasteiger partial charge in [0.25, 0.3) is 0 Å². The Hall–Kier alpha value is -1.39. The molecular formula is C12H13ClO4. The van der Waals surface area contributed by atoms with E-state index in [-0.39, 0.29) is 5.88 Å². The average molecular weight is 257 g/mol. The molecule has 0 spiro atoms. The van der Waals surface area contributed by atoms with Crippen molar-refractivity contribution in [3.8, 4) is 5.75 Å². The van der Waals surface area contributed by atoms with Gasteiger partial charge in [0.05, 0.1) is 13.0 Å². The summed E-state index contributed by atoms with van der Waals surface area (Å²) in [5.41, 5.74) is 0.565. The fourth-order valence-corrected chi connectivity index (χ4v) is 1.54. The molecule has 0 aliphatic heterocycles. The van der Waals surface area contributed by atoms with E-state index in [9.17, 15) is 9.59 Å². The van der Waals surface area contributed by atoms with Crippen LogP contribution in [0.4, 0.5) is 0 Å². The first-order valence-corrected chi connectivity index (χ1v) is 5.47. The SMILES string of the molecule is COc1cccc(C(OC)C(=O)C(=O)CCl)c1. The van der Waals surface area contributed by atoms with Crippen molar-refractivity contribution >= 4 is 23.2 Å². The summed E-state index contributed by atoms with van der Waals surface area (Å²) in [6.45, 7) is 0. The molecule has 0 fully saturated rings. The predicted molar refractivity (Wildman–Crippen MR) is 63.5 cm³/mol. The molecule has 1 aromatic rings. The minimum absolute atomic E-state index is 0.345. The molecule has 1 rings (SSSR count). The van der Waals surface area contributed by atoms with E-state index in [0.29, 0.717) is 11.3 Å². The zero-order chi connectivity index (χ0) is 12.8. The summed E-state index contributed by atoms with van der Waals surface area (Å²) in [5.74, 6) is -1.07. The highest BCUT2D eigenvalue weighted by Gasteiger charge is 2.26. The number of carbonyl (C=O) groups is 2. The van der Waals surface area contributed by atoms with Crippen LogP contribution >= 0.6 is 11.6 Å². The molecule has 0 N–H and O–H groups in total. The first-order chi connectivity index (χ1) is 8.13. The van der Waals surface area contributed by atoms with Crippen LogP contribution in [0.25, 0.3) is 0 Å². The standard InChI is InChI=1S/C12H13ClO4/c1-16-9-5-3-4-8(6-9)12(17-2)11(15)10(14)7-13/h3-6,12H,7H2,1-2H3. The lowest BCUT2D eigenvalue weighted by Crippen LogP contribution is -2.24. The third-order valence-corrected chi connectivity index (χ3v) is 2.51. The fourth-order valence-electron chi connectivity index (χ4n) is 1.41. The molecule has 0 amide bonds. The summed E-state index contributed by atoms with van der Waals surface area (Å²) in [5, 5.41) is 0. The van der Waals surface area contributed by atoms with Crippen molar-refractivity contribution in [1.82, 2.24) is 0 Å². The number of carbonyl (C=O) groups excluding carboxylic acids is 2. The molecule has 1 aromatic carbocycles. The van der Waals surface area contributed by atoms with Gasteiger partial charge in [0.1, 0.15) is 11.9 Å². The Labute approximate surface area is 104 Å². The molecule has 0 aliphatic carbocycles. The summed E-state index contributed by atoms with van der Waals surface area (Å²) >= 11 is 5.34. The van der Waals surface area contributed by atoms with Crippen molar-refractivity contribution in [2.45, 2.75) is 6.10 Å². The Kier molecular flexibility index (Phi) is 5.12. The maximum absolute atomic E-state index is 11.7. The molecule has 0 heterocycles. The maximum atomic E-state index is 11.7. The molecule has 17 heavy (non-hydrogen) atoms. The van der Waals surface area contributed by atoms with Crippen LogP contribution in [0, 0.1) is 0 Å². The van der Waals surface area contributed by atoms with Crippen LogP contribution in [0.3, 0.4) is 0 Å². The molecule has 0 aromatic heterocycles. The summed E-state index contributed by atoms with van der Waals surface area (Å²) in [6, 6.07) is 6.80. The van der Waals surface area contributed by atoms with Gasteiger partial charge in [-0.2, -0.15) is 0 Å². The normalized spacial score (nSPS) is 11.9. The summed E-state index contributed by atoms with van der Waals surface area (Å²) in [7, 11) is 2.89. The van der Waals surface area contributed by atoms with Crippen molar-refractivity contribution in [1.29, 1.82) is 0 Å². The van der Waals surface area contributed by atoms with Gasteiger partial charge in [0.2, 0.25) is 11.6 Å². The smallest absolute Gasteiger partial charge is 0.232 e. The largest absolute Gasteiger partial charge is 0.497 e. The minimum Gasteiger partial charge on any atom is -0.497 e. The van der Waals surface area contributed by atoms with E-state index in [1.807, 2.05) is 0 Å². The molecule has 4 nitrogen and oxygen atoms in total. The second-order valence-electron chi connectivity index (χ2n) is 3.31. The second-order valence-corrected chi connectivity index (χ2v) is 3.58. The Balaban J connectivity index is 3.00. The maximum Gasteiger partial charge on any atom is 0.232 e. The van der Waals surface area contributed by atoms with E-state index in [2.05, 4.69) is 0 Å². The van der Waals surface area contributed by atoms with Gasteiger partial charge in [-0.15, -0.1) is 11.6 Å². The lowest BCUT2D eigenvalue weighted by atomic mass is 10.0. The number of Topliss-reactive ketones (excluding diaryl/α,β-unsaturated/α-hetero) is 2. The molecule has 1 unspecified atom stereocenters. The molecule has 1 atom stereocenters. The highest BCUT2D eigenvalue weighted by molar-refractivity contribution is 6.48. The van der Waals surface area contributed by atoms with Crippen molar-refractivity contribution in [3.63, 3.8) is 0 Å². The Morgan fingerprint density at radius 1 is 1.35 bits per heavy atom. The number of halogens is 1. The summed E-state index contributed by atoms with van der Waals surface area (Å²) < 4.78 is 10.1. The summed E-state index contributed by atoms with van der Waals surface area (Å²) in [6.07, 6.45) is -0.934. The van der Waals surface area contributed by atoms with E-state index in [1.165, 1.54) is 14.2 Å².